The van der Waals surface area contributed by atoms with Crippen molar-refractivity contribution in [3.63, 3.8) is 0 Å². The van der Waals surface area contributed by atoms with Crippen molar-refractivity contribution in [1.29, 1.82) is 0 Å². The number of aromatic nitrogens is 4. The van der Waals surface area contributed by atoms with Crippen LogP contribution in [0.5, 0.6) is 0 Å². The minimum absolute atomic E-state index is 0.0238. The Balaban J connectivity index is 1.59. The molecule has 1 saturated carbocycles. The summed E-state index contributed by atoms with van der Waals surface area (Å²) in [6.07, 6.45) is 2.82. The summed E-state index contributed by atoms with van der Waals surface area (Å²) in [7, 11) is 5.13. The smallest absolute Gasteiger partial charge is 0.254 e. The summed E-state index contributed by atoms with van der Waals surface area (Å²) in [6.45, 7) is 0.526. The lowest BCUT2D eigenvalue weighted by Gasteiger charge is -2.29. The van der Waals surface area contributed by atoms with E-state index in [-0.39, 0.29) is 28.9 Å². The van der Waals surface area contributed by atoms with Gasteiger partial charge in [-0.1, -0.05) is 12.1 Å². The van der Waals surface area contributed by atoms with Crippen molar-refractivity contribution in [2.24, 2.45) is 13.0 Å². The van der Waals surface area contributed by atoms with Crippen molar-refractivity contribution in [2.45, 2.75) is 19.4 Å². The van der Waals surface area contributed by atoms with Crippen molar-refractivity contribution in [2.75, 3.05) is 29.6 Å². The Hall–Kier alpha value is -4.02. The first-order chi connectivity index (χ1) is 15.9. The molecule has 3 N–H and O–H groups in total. The van der Waals surface area contributed by atoms with Gasteiger partial charge in [-0.3, -0.25) is 9.59 Å². The Morgan fingerprint density at radius 2 is 1.97 bits per heavy atom. The molecular weight excluding hydrogens is 427 g/mol. The molecule has 2 aromatic heterocycles. The van der Waals surface area contributed by atoms with Gasteiger partial charge in [0.25, 0.3) is 5.91 Å². The molecule has 1 aliphatic heterocycles. The lowest BCUT2D eigenvalue weighted by molar-refractivity contribution is -0.117. The van der Waals surface area contributed by atoms with Gasteiger partial charge in [0.1, 0.15) is 11.4 Å². The monoisotopic (exact) mass is 450 g/mol. The van der Waals surface area contributed by atoms with Crippen LogP contribution in [0, 0.1) is 11.7 Å². The number of carbonyl (C=O) groups excluding carboxylic acids is 2. The first-order valence-electron chi connectivity index (χ1n) is 10.6. The summed E-state index contributed by atoms with van der Waals surface area (Å²) in [6, 6.07) is 5.55. The highest BCUT2D eigenvalue weighted by Gasteiger charge is 2.32. The maximum atomic E-state index is 15.6. The highest BCUT2D eigenvalue weighted by atomic mass is 19.1. The number of pyridine rings is 1. The Bertz CT molecular complexity index is 1280. The topological polar surface area (TPSA) is 117 Å². The number of benzene rings is 1. The van der Waals surface area contributed by atoms with Crippen LogP contribution < -0.4 is 20.9 Å². The fraction of sp³-hybridized carbons (Fsp3) is 0.318. The zero-order valence-corrected chi connectivity index (χ0v) is 18.4. The number of anilines is 4. The number of para-hydroxylation sites is 1. The number of carbonyl (C=O) groups is 2. The van der Waals surface area contributed by atoms with Crippen LogP contribution in [0.3, 0.4) is 0 Å². The summed E-state index contributed by atoms with van der Waals surface area (Å²) < 4.78 is 15.6. The van der Waals surface area contributed by atoms with E-state index >= 15 is 4.39 Å². The molecule has 11 heteroatoms. The molecule has 3 heterocycles. The van der Waals surface area contributed by atoms with Crippen molar-refractivity contribution >= 4 is 34.7 Å². The summed E-state index contributed by atoms with van der Waals surface area (Å²) in [5.41, 5.74) is 3.78. The van der Waals surface area contributed by atoms with Gasteiger partial charge in [-0.15, -0.1) is 0 Å². The van der Waals surface area contributed by atoms with Gasteiger partial charge in [0.2, 0.25) is 5.91 Å². The number of hydrogen-bond donors (Lipinski definition) is 3. The lowest BCUT2D eigenvalue weighted by atomic mass is 10.0. The molecule has 1 fully saturated rings. The number of halogens is 1. The third-order valence-corrected chi connectivity index (χ3v) is 5.78. The van der Waals surface area contributed by atoms with Gasteiger partial charge in [-0.2, -0.15) is 15.0 Å². The molecular formula is C22H23FN8O2. The molecule has 33 heavy (non-hydrogen) atoms. The maximum absolute atomic E-state index is 15.6. The lowest BCUT2D eigenvalue weighted by Crippen LogP contribution is -2.24. The van der Waals surface area contributed by atoms with E-state index in [1.165, 1.54) is 18.0 Å². The SMILES string of the molecule is CNC(=O)c1cnc(NC(=O)C2CC2)c(F)c1Nc1cccc2c1N(C)Cc1nn(C)nc1-2. The predicted molar refractivity (Wildman–Crippen MR) is 121 cm³/mol. The molecule has 0 unspecified atom stereocenters. The fourth-order valence-corrected chi connectivity index (χ4v) is 4.02. The van der Waals surface area contributed by atoms with Crippen molar-refractivity contribution in [3.05, 3.63) is 41.5 Å². The van der Waals surface area contributed by atoms with Gasteiger partial charge in [-0.05, 0) is 18.9 Å². The van der Waals surface area contributed by atoms with E-state index in [4.69, 9.17) is 0 Å². The molecule has 1 aliphatic carbocycles. The van der Waals surface area contributed by atoms with Gasteiger partial charge < -0.3 is 20.9 Å². The minimum atomic E-state index is -0.804. The average Bonchev–Trinajstić information content (AvgIpc) is 3.58. The van der Waals surface area contributed by atoms with Gasteiger partial charge in [0, 0.05) is 38.8 Å². The molecule has 0 spiro atoms. The molecule has 3 aromatic rings. The number of hydrogen-bond acceptors (Lipinski definition) is 7. The Morgan fingerprint density at radius 3 is 2.70 bits per heavy atom. The maximum Gasteiger partial charge on any atom is 0.254 e. The summed E-state index contributed by atoms with van der Waals surface area (Å²) in [5.74, 6) is -1.90. The van der Waals surface area contributed by atoms with Crippen LogP contribution in [0.1, 0.15) is 28.9 Å². The standard InChI is InChI=1S/C22H23FN8O2/c1-24-22(33)13-9-25-20(27-21(32)11-7-8-11)16(23)18(13)26-14-6-4-5-12-17-15(28-31(3)29-17)10-30(2)19(12)14/h4-6,9,11H,7-8,10H2,1-3H3,(H,24,33)(H2,25,26,27,32). The second-order valence-corrected chi connectivity index (χ2v) is 8.22. The number of nitrogens with zero attached hydrogens (tertiary/aromatic N) is 5. The molecule has 0 saturated heterocycles. The van der Waals surface area contributed by atoms with Crippen molar-refractivity contribution in [1.82, 2.24) is 25.3 Å². The second-order valence-electron chi connectivity index (χ2n) is 8.22. The molecule has 0 atom stereocenters. The Kier molecular flexibility index (Phi) is 4.95. The van der Waals surface area contributed by atoms with E-state index in [0.717, 1.165) is 35.5 Å². The van der Waals surface area contributed by atoms with Gasteiger partial charge in [-0.25, -0.2) is 9.37 Å². The van der Waals surface area contributed by atoms with Crippen molar-refractivity contribution < 1.29 is 14.0 Å². The predicted octanol–water partition coefficient (Wildman–Crippen LogP) is 2.42. The number of amides is 2. The third-order valence-electron chi connectivity index (χ3n) is 5.78. The fourth-order valence-electron chi connectivity index (χ4n) is 4.02. The quantitative estimate of drug-likeness (QED) is 0.547. The number of aryl methyl sites for hydroxylation is 1. The van der Waals surface area contributed by atoms with E-state index in [1.807, 2.05) is 24.1 Å². The molecule has 10 nitrogen and oxygen atoms in total. The third kappa shape index (κ3) is 3.65. The summed E-state index contributed by atoms with van der Waals surface area (Å²) >= 11 is 0. The van der Waals surface area contributed by atoms with Crippen LogP contribution in [0.4, 0.5) is 27.3 Å². The number of fused-ring (bicyclic) bond motifs is 3. The second kappa shape index (κ2) is 7.84. The zero-order chi connectivity index (χ0) is 23.3. The van der Waals surface area contributed by atoms with Crippen LogP contribution in [0.25, 0.3) is 11.3 Å². The van der Waals surface area contributed by atoms with Crippen LogP contribution >= 0.6 is 0 Å². The number of nitrogens with one attached hydrogen (secondary N) is 3. The van der Waals surface area contributed by atoms with Crippen LogP contribution in [-0.2, 0) is 18.4 Å². The first-order valence-corrected chi connectivity index (χ1v) is 10.6. The van der Waals surface area contributed by atoms with Crippen LogP contribution in [0.15, 0.2) is 24.4 Å². The van der Waals surface area contributed by atoms with E-state index in [1.54, 1.807) is 13.1 Å². The summed E-state index contributed by atoms with van der Waals surface area (Å²) in [4.78, 5) is 32.2. The van der Waals surface area contributed by atoms with E-state index in [2.05, 4.69) is 31.1 Å². The molecule has 2 aliphatic rings. The van der Waals surface area contributed by atoms with Crippen LogP contribution in [-0.4, -0.2) is 45.9 Å². The highest BCUT2D eigenvalue weighted by Crippen LogP contribution is 2.43. The molecule has 0 bridgehead atoms. The zero-order valence-electron chi connectivity index (χ0n) is 18.4. The van der Waals surface area contributed by atoms with E-state index in [0.29, 0.717) is 12.2 Å². The van der Waals surface area contributed by atoms with Gasteiger partial charge >= 0.3 is 0 Å². The molecule has 2 amide bonds. The number of rotatable bonds is 5. The summed E-state index contributed by atoms with van der Waals surface area (Å²) in [5, 5.41) is 17.0. The molecule has 170 valence electrons. The minimum Gasteiger partial charge on any atom is -0.366 e. The van der Waals surface area contributed by atoms with Crippen LogP contribution in [0.2, 0.25) is 0 Å². The Labute approximate surface area is 189 Å². The largest absolute Gasteiger partial charge is 0.366 e. The molecule has 0 radical (unpaired) electrons. The first kappa shape index (κ1) is 20.9. The highest BCUT2D eigenvalue weighted by molar-refractivity contribution is 6.02. The van der Waals surface area contributed by atoms with Gasteiger partial charge in [0.15, 0.2) is 11.6 Å². The van der Waals surface area contributed by atoms with Crippen molar-refractivity contribution in [3.8, 4) is 11.3 Å². The average molecular weight is 450 g/mol. The molecule has 5 rings (SSSR count). The Morgan fingerprint density at radius 1 is 1.18 bits per heavy atom. The van der Waals surface area contributed by atoms with Gasteiger partial charge in [0.05, 0.1) is 29.2 Å². The van der Waals surface area contributed by atoms with E-state index in [9.17, 15) is 9.59 Å². The molecule has 1 aromatic carbocycles. The normalized spacial score (nSPS) is 14.4. The van der Waals surface area contributed by atoms with E-state index < -0.39 is 11.7 Å².